The number of ether oxygens (including phenoxy) is 1. The molecule has 194 valence electrons. The standard InChI is InChI=1S/C23H31N7O4S2/c1-4-29(5-2)36(32,33)18-8-6-17(7-9-18)22(31)24-10-11-30-21-19(16-25-30)20(26-23(27-21)35-3)28-12-14-34-15-13-28/h6-9,16H,4-5,10-15H2,1-3H3,(H,24,31). The van der Waals surface area contributed by atoms with Crippen molar-refractivity contribution >= 4 is 44.5 Å². The Labute approximate surface area is 215 Å². The molecule has 0 atom stereocenters. The average molecular weight is 534 g/mol. The highest BCUT2D eigenvalue weighted by atomic mass is 32.2. The van der Waals surface area contributed by atoms with E-state index in [1.165, 1.54) is 40.3 Å². The van der Waals surface area contributed by atoms with Crippen molar-refractivity contribution in [1.29, 1.82) is 0 Å². The number of amides is 1. The average Bonchev–Trinajstić information content (AvgIpc) is 3.32. The summed E-state index contributed by atoms with van der Waals surface area (Å²) in [5, 5.41) is 8.90. The van der Waals surface area contributed by atoms with E-state index in [0.717, 1.165) is 29.9 Å². The van der Waals surface area contributed by atoms with Crippen molar-refractivity contribution in [2.75, 3.05) is 57.1 Å². The molecule has 1 amide bonds. The second-order valence-electron chi connectivity index (χ2n) is 8.11. The highest BCUT2D eigenvalue weighted by molar-refractivity contribution is 7.98. The zero-order valence-electron chi connectivity index (χ0n) is 20.7. The van der Waals surface area contributed by atoms with E-state index in [1.54, 1.807) is 24.7 Å². The highest BCUT2D eigenvalue weighted by Gasteiger charge is 2.22. The van der Waals surface area contributed by atoms with E-state index in [2.05, 4.69) is 20.3 Å². The zero-order chi connectivity index (χ0) is 25.7. The van der Waals surface area contributed by atoms with Gasteiger partial charge in [0.15, 0.2) is 10.8 Å². The molecule has 1 aliphatic heterocycles. The molecule has 11 nitrogen and oxygen atoms in total. The van der Waals surface area contributed by atoms with Crippen LogP contribution in [0.15, 0.2) is 40.5 Å². The Morgan fingerprint density at radius 3 is 2.47 bits per heavy atom. The number of morpholine rings is 1. The highest BCUT2D eigenvalue weighted by Crippen LogP contribution is 2.27. The number of nitrogens with zero attached hydrogens (tertiary/aromatic N) is 6. The number of benzene rings is 1. The summed E-state index contributed by atoms with van der Waals surface area (Å²) in [6.07, 6.45) is 3.70. The molecule has 0 saturated carbocycles. The molecule has 4 rings (SSSR count). The third-order valence-corrected chi connectivity index (χ3v) is 8.63. The van der Waals surface area contributed by atoms with Crippen LogP contribution in [0.5, 0.6) is 0 Å². The van der Waals surface area contributed by atoms with Gasteiger partial charge in [0, 0.05) is 38.3 Å². The Bertz CT molecular complexity index is 1300. The molecule has 1 aliphatic rings. The molecule has 0 bridgehead atoms. The van der Waals surface area contributed by atoms with Crippen molar-refractivity contribution in [2.45, 2.75) is 30.4 Å². The Morgan fingerprint density at radius 2 is 1.83 bits per heavy atom. The summed E-state index contributed by atoms with van der Waals surface area (Å²) in [4.78, 5) is 24.4. The molecule has 0 unspecified atom stereocenters. The van der Waals surface area contributed by atoms with Gasteiger partial charge in [-0.25, -0.2) is 23.1 Å². The van der Waals surface area contributed by atoms with Gasteiger partial charge in [0.1, 0.15) is 5.82 Å². The molecule has 2 aromatic heterocycles. The summed E-state index contributed by atoms with van der Waals surface area (Å²) in [7, 11) is -3.56. The lowest BCUT2D eigenvalue weighted by molar-refractivity contribution is 0.0952. The van der Waals surface area contributed by atoms with Crippen LogP contribution >= 0.6 is 11.8 Å². The molecule has 1 saturated heterocycles. The zero-order valence-corrected chi connectivity index (χ0v) is 22.3. The molecule has 0 spiro atoms. The fourth-order valence-electron chi connectivity index (χ4n) is 4.06. The van der Waals surface area contributed by atoms with E-state index >= 15 is 0 Å². The molecular weight excluding hydrogens is 502 g/mol. The Hall–Kier alpha value is -2.74. The molecule has 36 heavy (non-hydrogen) atoms. The van der Waals surface area contributed by atoms with Crippen LogP contribution in [0.3, 0.4) is 0 Å². The number of rotatable bonds is 10. The molecule has 0 radical (unpaired) electrons. The maximum atomic E-state index is 12.7. The number of aromatic nitrogens is 4. The van der Waals surface area contributed by atoms with Crippen LogP contribution in [-0.2, 0) is 21.3 Å². The number of nitrogens with one attached hydrogen (secondary N) is 1. The van der Waals surface area contributed by atoms with Gasteiger partial charge in [-0.15, -0.1) is 0 Å². The maximum Gasteiger partial charge on any atom is 0.251 e. The van der Waals surface area contributed by atoms with Gasteiger partial charge in [-0.05, 0) is 30.5 Å². The predicted octanol–water partition coefficient (Wildman–Crippen LogP) is 1.85. The number of hydrogen-bond donors (Lipinski definition) is 1. The van der Waals surface area contributed by atoms with Gasteiger partial charge in [0.2, 0.25) is 10.0 Å². The van der Waals surface area contributed by atoms with Crippen molar-refractivity contribution in [3.63, 3.8) is 0 Å². The fraction of sp³-hybridized carbons (Fsp3) is 0.478. The second-order valence-corrected chi connectivity index (χ2v) is 10.8. The topological polar surface area (TPSA) is 123 Å². The summed E-state index contributed by atoms with van der Waals surface area (Å²) in [5.74, 6) is 0.564. The molecule has 3 heterocycles. The monoisotopic (exact) mass is 533 g/mol. The molecule has 1 N–H and O–H groups in total. The number of carbonyl (C=O) groups is 1. The smallest absolute Gasteiger partial charge is 0.251 e. The lowest BCUT2D eigenvalue weighted by atomic mass is 10.2. The fourth-order valence-corrected chi connectivity index (χ4v) is 5.87. The Kier molecular flexibility index (Phi) is 8.44. The largest absolute Gasteiger partial charge is 0.378 e. The van der Waals surface area contributed by atoms with Crippen molar-refractivity contribution < 1.29 is 17.9 Å². The molecule has 13 heteroatoms. The van der Waals surface area contributed by atoms with E-state index in [-0.39, 0.29) is 10.8 Å². The lowest BCUT2D eigenvalue weighted by Gasteiger charge is -2.28. The van der Waals surface area contributed by atoms with Crippen LogP contribution in [0.2, 0.25) is 0 Å². The van der Waals surface area contributed by atoms with Gasteiger partial charge in [0.05, 0.1) is 36.2 Å². The summed E-state index contributed by atoms with van der Waals surface area (Å²) in [6.45, 7) is 7.96. The van der Waals surface area contributed by atoms with Crippen LogP contribution in [-0.4, -0.2) is 90.6 Å². The normalized spacial score (nSPS) is 14.5. The van der Waals surface area contributed by atoms with E-state index in [4.69, 9.17) is 9.72 Å². The maximum absolute atomic E-state index is 12.7. The molecule has 3 aromatic rings. The van der Waals surface area contributed by atoms with Gasteiger partial charge >= 0.3 is 0 Å². The number of fused-ring (bicyclic) bond motifs is 1. The van der Waals surface area contributed by atoms with Crippen molar-refractivity contribution in [3.8, 4) is 0 Å². The first-order valence-corrected chi connectivity index (χ1v) is 14.5. The third-order valence-electron chi connectivity index (χ3n) is 6.02. The Balaban J connectivity index is 1.43. The SMILES string of the molecule is CCN(CC)S(=O)(=O)c1ccc(C(=O)NCCn2ncc3c(N4CCOCC4)nc(SC)nc32)cc1. The number of hydrogen-bond acceptors (Lipinski definition) is 9. The first-order valence-electron chi connectivity index (χ1n) is 11.9. The van der Waals surface area contributed by atoms with E-state index < -0.39 is 10.0 Å². The third kappa shape index (κ3) is 5.48. The van der Waals surface area contributed by atoms with Gasteiger partial charge in [-0.2, -0.15) is 9.40 Å². The lowest BCUT2D eigenvalue weighted by Crippen LogP contribution is -2.37. The number of anilines is 1. The molecular formula is C23H31N7O4S2. The van der Waals surface area contributed by atoms with E-state index in [1.807, 2.05) is 6.26 Å². The second kappa shape index (κ2) is 11.5. The van der Waals surface area contributed by atoms with Crippen LogP contribution < -0.4 is 10.2 Å². The minimum absolute atomic E-state index is 0.172. The minimum Gasteiger partial charge on any atom is -0.378 e. The summed E-state index contributed by atoms with van der Waals surface area (Å²) in [5.41, 5.74) is 1.11. The van der Waals surface area contributed by atoms with Gasteiger partial charge in [-0.3, -0.25) is 4.79 Å². The van der Waals surface area contributed by atoms with Crippen molar-refractivity contribution in [3.05, 3.63) is 36.0 Å². The molecule has 1 aromatic carbocycles. The molecule has 1 fully saturated rings. The van der Waals surface area contributed by atoms with Gasteiger partial charge in [0.25, 0.3) is 5.91 Å². The summed E-state index contributed by atoms with van der Waals surface area (Å²) >= 11 is 1.47. The minimum atomic E-state index is -3.56. The first kappa shape index (κ1) is 26.3. The number of sulfonamides is 1. The van der Waals surface area contributed by atoms with E-state index in [9.17, 15) is 13.2 Å². The summed E-state index contributed by atoms with van der Waals surface area (Å²) < 4.78 is 33.9. The summed E-state index contributed by atoms with van der Waals surface area (Å²) in [6, 6.07) is 6.00. The number of carbonyl (C=O) groups excluding carboxylic acids is 1. The van der Waals surface area contributed by atoms with Crippen LogP contribution in [0.4, 0.5) is 5.82 Å². The van der Waals surface area contributed by atoms with Crippen LogP contribution in [0.25, 0.3) is 11.0 Å². The van der Waals surface area contributed by atoms with Crippen LogP contribution in [0.1, 0.15) is 24.2 Å². The number of thioether (sulfide) groups is 1. The quantitative estimate of drug-likeness (QED) is 0.307. The van der Waals surface area contributed by atoms with Crippen molar-refractivity contribution in [1.82, 2.24) is 29.4 Å². The van der Waals surface area contributed by atoms with E-state index in [0.29, 0.717) is 50.1 Å². The molecule has 0 aliphatic carbocycles. The first-order chi connectivity index (χ1) is 17.4. The Morgan fingerprint density at radius 1 is 1.14 bits per heavy atom. The van der Waals surface area contributed by atoms with Gasteiger partial charge < -0.3 is 15.0 Å². The van der Waals surface area contributed by atoms with Gasteiger partial charge in [-0.1, -0.05) is 25.6 Å². The van der Waals surface area contributed by atoms with Crippen molar-refractivity contribution in [2.24, 2.45) is 0 Å². The van der Waals surface area contributed by atoms with Crippen LogP contribution in [0, 0.1) is 0 Å². The predicted molar refractivity (Wildman–Crippen MR) is 139 cm³/mol.